The maximum atomic E-state index is 10.8. The summed E-state index contributed by atoms with van der Waals surface area (Å²) >= 11 is 0. The van der Waals surface area contributed by atoms with Crippen molar-refractivity contribution in [2.45, 2.75) is 26.7 Å². The first-order valence-electron chi connectivity index (χ1n) is 7.45. The van der Waals surface area contributed by atoms with Gasteiger partial charge in [0.1, 0.15) is 5.75 Å². The van der Waals surface area contributed by atoms with Crippen LogP contribution in [0.25, 0.3) is 0 Å². The van der Waals surface area contributed by atoms with E-state index in [1.807, 2.05) is 13.8 Å². The van der Waals surface area contributed by atoms with Gasteiger partial charge in [0.2, 0.25) is 0 Å². The maximum absolute atomic E-state index is 10.8. The van der Waals surface area contributed by atoms with Gasteiger partial charge in [-0.2, -0.15) is 0 Å². The molecule has 0 aliphatic carbocycles. The molecule has 0 atom stereocenters. The molecule has 0 bridgehead atoms. The van der Waals surface area contributed by atoms with Crippen LogP contribution in [0.4, 0.5) is 0 Å². The summed E-state index contributed by atoms with van der Waals surface area (Å²) in [6.07, 6.45) is 2.75. The van der Waals surface area contributed by atoms with Gasteiger partial charge >= 0.3 is 0 Å². The van der Waals surface area contributed by atoms with Gasteiger partial charge in [0.25, 0.3) is 0 Å². The summed E-state index contributed by atoms with van der Waals surface area (Å²) in [5, 5.41) is 26.0. The molecule has 0 spiro atoms. The van der Waals surface area contributed by atoms with Crippen LogP contribution in [0.2, 0.25) is 0 Å². The molecular formula is C17H26O6. The number of hydrogen-bond donors (Lipinski definition) is 3. The summed E-state index contributed by atoms with van der Waals surface area (Å²) in [4.78, 5) is 21.5. The van der Waals surface area contributed by atoms with Crippen molar-refractivity contribution in [2.24, 2.45) is 5.41 Å². The number of aliphatic hydroxyl groups excluding tert-OH is 3. The standard InChI is InChI=1S/C11H12O3.C6H14O3/c1-3-8-4-5-9(6-12)11(14-2)10(8)7-13;1-2-6(3-7,4-8)5-9/h4-7H,3H2,1-2H3;7-9H,2-5H2,1H3. The molecule has 6 heteroatoms. The minimum Gasteiger partial charge on any atom is -0.495 e. The monoisotopic (exact) mass is 326 g/mol. The molecule has 23 heavy (non-hydrogen) atoms. The zero-order chi connectivity index (χ0) is 17.9. The van der Waals surface area contributed by atoms with Crippen LogP contribution < -0.4 is 4.74 Å². The van der Waals surface area contributed by atoms with E-state index in [1.54, 1.807) is 12.1 Å². The lowest BCUT2D eigenvalue weighted by Gasteiger charge is -2.24. The smallest absolute Gasteiger partial charge is 0.154 e. The lowest BCUT2D eigenvalue weighted by atomic mass is 9.88. The number of benzene rings is 1. The van der Waals surface area contributed by atoms with Gasteiger partial charge in [-0.15, -0.1) is 0 Å². The van der Waals surface area contributed by atoms with E-state index in [9.17, 15) is 9.59 Å². The molecule has 0 radical (unpaired) electrons. The average molecular weight is 326 g/mol. The van der Waals surface area contributed by atoms with E-state index in [4.69, 9.17) is 20.1 Å². The first-order chi connectivity index (χ1) is 11.0. The zero-order valence-corrected chi connectivity index (χ0v) is 13.9. The largest absolute Gasteiger partial charge is 0.495 e. The van der Waals surface area contributed by atoms with Crippen molar-refractivity contribution in [3.05, 3.63) is 28.8 Å². The molecule has 0 saturated heterocycles. The lowest BCUT2D eigenvalue weighted by Crippen LogP contribution is -2.32. The highest BCUT2D eigenvalue weighted by Gasteiger charge is 2.24. The van der Waals surface area contributed by atoms with Crippen LogP contribution in [0.5, 0.6) is 5.75 Å². The predicted octanol–water partition coefficient (Wildman–Crippen LogP) is 1.24. The van der Waals surface area contributed by atoms with Gasteiger partial charge in [0.15, 0.2) is 12.6 Å². The van der Waals surface area contributed by atoms with Crippen LogP contribution in [-0.4, -0.2) is 54.8 Å². The first kappa shape index (κ1) is 21.2. The normalized spacial score (nSPS) is 10.5. The number of rotatable bonds is 8. The highest BCUT2D eigenvalue weighted by Crippen LogP contribution is 2.24. The Morgan fingerprint density at radius 2 is 1.61 bits per heavy atom. The number of carbonyl (C=O) groups is 2. The molecule has 0 amide bonds. The zero-order valence-electron chi connectivity index (χ0n) is 13.9. The second-order valence-electron chi connectivity index (χ2n) is 5.18. The van der Waals surface area contributed by atoms with E-state index < -0.39 is 5.41 Å². The summed E-state index contributed by atoms with van der Waals surface area (Å²) in [5.74, 6) is 0.370. The minimum atomic E-state index is -0.667. The highest BCUT2D eigenvalue weighted by atomic mass is 16.5. The highest BCUT2D eigenvalue weighted by molar-refractivity contribution is 5.89. The topological polar surface area (TPSA) is 104 Å². The second kappa shape index (κ2) is 10.9. The van der Waals surface area contributed by atoms with Crippen LogP contribution in [0.1, 0.15) is 46.5 Å². The number of aliphatic hydroxyl groups is 3. The number of carbonyl (C=O) groups excluding carboxylic acids is 2. The second-order valence-corrected chi connectivity index (χ2v) is 5.18. The number of ether oxygens (including phenoxy) is 1. The summed E-state index contributed by atoms with van der Waals surface area (Å²) in [5.41, 5.74) is 1.11. The number of hydrogen-bond acceptors (Lipinski definition) is 6. The summed E-state index contributed by atoms with van der Waals surface area (Å²) in [7, 11) is 1.45. The molecule has 0 heterocycles. The van der Waals surface area contributed by atoms with E-state index in [1.165, 1.54) is 7.11 Å². The van der Waals surface area contributed by atoms with E-state index >= 15 is 0 Å². The van der Waals surface area contributed by atoms with Gasteiger partial charge < -0.3 is 20.1 Å². The first-order valence-corrected chi connectivity index (χ1v) is 7.45. The van der Waals surface area contributed by atoms with Gasteiger partial charge in [0, 0.05) is 5.41 Å². The van der Waals surface area contributed by atoms with Crippen molar-refractivity contribution in [2.75, 3.05) is 26.9 Å². The molecule has 1 aromatic carbocycles. The van der Waals surface area contributed by atoms with Crippen molar-refractivity contribution < 1.29 is 29.6 Å². The quantitative estimate of drug-likeness (QED) is 0.621. The van der Waals surface area contributed by atoms with Crippen LogP contribution in [0.15, 0.2) is 12.1 Å². The van der Waals surface area contributed by atoms with Crippen LogP contribution in [0.3, 0.4) is 0 Å². The molecule has 6 nitrogen and oxygen atoms in total. The minimum absolute atomic E-state index is 0.156. The fraction of sp³-hybridized carbons (Fsp3) is 0.529. The van der Waals surface area contributed by atoms with E-state index in [0.29, 0.717) is 29.6 Å². The van der Waals surface area contributed by atoms with E-state index in [0.717, 1.165) is 18.3 Å². The van der Waals surface area contributed by atoms with Gasteiger partial charge in [-0.25, -0.2) is 0 Å². The van der Waals surface area contributed by atoms with Crippen molar-refractivity contribution >= 4 is 12.6 Å². The van der Waals surface area contributed by atoms with Gasteiger partial charge in [0.05, 0.1) is 38.1 Å². The fourth-order valence-corrected chi connectivity index (χ4v) is 1.90. The van der Waals surface area contributed by atoms with Gasteiger partial charge in [-0.3, -0.25) is 9.59 Å². The fourth-order valence-electron chi connectivity index (χ4n) is 1.90. The Morgan fingerprint density at radius 1 is 1.04 bits per heavy atom. The molecular weight excluding hydrogens is 300 g/mol. The van der Waals surface area contributed by atoms with Crippen molar-refractivity contribution in [1.82, 2.24) is 0 Å². The van der Waals surface area contributed by atoms with Gasteiger partial charge in [-0.05, 0) is 24.5 Å². The Morgan fingerprint density at radius 3 is 1.87 bits per heavy atom. The van der Waals surface area contributed by atoms with Crippen LogP contribution >= 0.6 is 0 Å². The van der Waals surface area contributed by atoms with E-state index in [-0.39, 0.29) is 19.8 Å². The Labute approximate surface area is 136 Å². The molecule has 0 saturated carbocycles. The summed E-state index contributed by atoms with van der Waals surface area (Å²) in [6.45, 7) is 3.30. The third kappa shape index (κ3) is 5.42. The molecule has 0 unspecified atom stereocenters. The maximum Gasteiger partial charge on any atom is 0.154 e. The van der Waals surface area contributed by atoms with Crippen LogP contribution in [-0.2, 0) is 6.42 Å². The van der Waals surface area contributed by atoms with E-state index in [2.05, 4.69) is 0 Å². The number of aryl methyl sites for hydroxylation is 1. The molecule has 0 aliphatic heterocycles. The Bertz CT molecular complexity index is 477. The molecule has 1 aromatic rings. The number of aldehydes is 2. The molecule has 0 aromatic heterocycles. The van der Waals surface area contributed by atoms with Crippen molar-refractivity contribution in [3.8, 4) is 5.75 Å². The Hall–Kier alpha value is -1.76. The average Bonchev–Trinajstić information content (AvgIpc) is 2.63. The molecule has 1 rings (SSSR count). The SMILES string of the molecule is CCC(CO)(CO)CO.CCc1ccc(C=O)c(OC)c1C=O. The van der Waals surface area contributed by atoms with Crippen LogP contribution in [0, 0.1) is 5.41 Å². The lowest BCUT2D eigenvalue weighted by molar-refractivity contribution is 0.00304. The molecule has 0 fully saturated rings. The number of methoxy groups -OCH3 is 1. The molecule has 0 aliphatic rings. The van der Waals surface area contributed by atoms with Crippen molar-refractivity contribution in [3.63, 3.8) is 0 Å². The molecule has 3 N–H and O–H groups in total. The molecule has 130 valence electrons. The summed E-state index contributed by atoms with van der Waals surface area (Å²) in [6, 6.07) is 3.44. The summed E-state index contributed by atoms with van der Waals surface area (Å²) < 4.78 is 5.04. The Balaban J connectivity index is 0.000000468. The predicted molar refractivity (Wildman–Crippen MR) is 87.1 cm³/mol. The Kier molecular flexibility index (Phi) is 10.0. The van der Waals surface area contributed by atoms with Gasteiger partial charge in [-0.1, -0.05) is 19.9 Å². The van der Waals surface area contributed by atoms with Crippen molar-refractivity contribution in [1.29, 1.82) is 0 Å². The third-order valence-corrected chi connectivity index (χ3v) is 3.90. The third-order valence-electron chi connectivity index (χ3n) is 3.90.